The number of amides is 2. The maximum Gasteiger partial charge on any atom is 0.321 e. The molecule has 2 unspecified atom stereocenters. The van der Waals surface area contributed by atoms with Gasteiger partial charge in [-0.15, -0.1) is 0 Å². The van der Waals surface area contributed by atoms with Crippen LogP contribution in [-0.2, 0) is 11.2 Å². The Morgan fingerprint density at radius 3 is 2.30 bits per heavy atom. The van der Waals surface area contributed by atoms with Crippen LogP contribution in [0.3, 0.4) is 0 Å². The quantitative estimate of drug-likeness (QED) is 0.172. The summed E-state index contributed by atoms with van der Waals surface area (Å²) in [6.45, 7) is 4.82. The standard InChI is InChI=1S/C28H31Cl2N3O3S/c1-3-18(2)17-31-28(36)32-22-7-4-6-21(16-22)20-13-10-19(11-14-20)12-15-25(27(34)35)33-37-26-23(29)8-5-9-24(26)30/h4-11,13-14,16,18,25,33H,3,12,15,17H2,1-2H3,(H,34,35)(H2,31,32,36). The maximum atomic E-state index is 12.2. The topological polar surface area (TPSA) is 90.5 Å². The highest BCUT2D eigenvalue weighted by molar-refractivity contribution is 7.97. The van der Waals surface area contributed by atoms with Gasteiger partial charge in [-0.25, -0.2) is 9.52 Å². The fourth-order valence-corrected chi connectivity index (χ4v) is 4.92. The molecule has 9 heteroatoms. The second-order valence-electron chi connectivity index (χ2n) is 8.83. The molecule has 196 valence electrons. The number of anilines is 1. The maximum absolute atomic E-state index is 12.2. The van der Waals surface area contributed by atoms with Crippen LogP contribution in [0.15, 0.2) is 71.6 Å². The summed E-state index contributed by atoms with van der Waals surface area (Å²) < 4.78 is 2.97. The number of aliphatic carboxylic acids is 1. The molecule has 0 aliphatic rings. The van der Waals surface area contributed by atoms with E-state index in [1.54, 1.807) is 18.2 Å². The first-order valence-electron chi connectivity index (χ1n) is 12.1. The van der Waals surface area contributed by atoms with E-state index in [9.17, 15) is 14.7 Å². The molecule has 0 aromatic heterocycles. The van der Waals surface area contributed by atoms with Crippen molar-refractivity contribution in [3.8, 4) is 11.1 Å². The van der Waals surface area contributed by atoms with Crippen molar-refractivity contribution in [1.29, 1.82) is 0 Å². The van der Waals surface area contributed by atoms with Gasteiger partial charge in [0.1, 0.15) is 6.04 Å². The molecule has 3 rings (SSSR count). The van der Waals surface area contributed by atoms with Gasteiger partial charge in [0.25, 0.3) is 0 Å². The van der Waals surface area contributed by atoms with Gasteiger partial charge in [-0.1, -0.05) is 85.9 Å². The van der Waals surface area contributed by atoms with E-state index in [-0.39, 0.29) is 6.03 Å². The van der Waals surface area contributed by atoms with Crippen LogP contribution in [-0.4, -0.2) is 29.7 Å². The number of halogens is 2. The lowest BCUT2D eigenvalue weighted by molar-refractivity contribution is -0.139. The minimum Gasteiger partial charge on any atom is -0.480 e. The zero-order valence-corrected chi connectivity index (χ0v) is 23.1. The van der Waals surface area contributed by atoms with Crippen LogP contribution < -0.4 is 15.4 Å². The number of aryl methyl sites for hydroxylation is 1. The van der Waals surface area contributed by atoms with E-state index < -0.39 is 12.0 Å². The molecule has 0 bridgehead atoms. The number of benzene rings is 3. The lowest BCUT2D eigenvalue weighted by Gasteiger charge is -2.15. The number of hydrogen-bond donors (Lipinski definition) is 4. The van der Waals surface area contributed by atoms with E-state index >= 15 is 0 Å². The summed E-state index contributed by atoms with van der Waals surface area (Å²) in [7, 11) is 0. The summed E-state index contributed by atoms with van der Waals surface area (Å²) in [5, 5.41) is 16.4. The molecule has 4 N–H and O–H groups in total. The molecule has 0 fully saturated rings. The Hall–Kier alpha value is -2.71. The highest BCUT2D eigenvalue weighted by atomic mass is 35.5. The van der Waals surface area contributed by atoms with Gasteiger partial charge >= 0.3 is 12.0 Å². The van der Waals surface area contributed by atoms with Crippen molar-refractivity contribution in [2.75, 3.05) is 11.9 Å². The SMILES string of the molecule is CCC(C)CNC(=O)Nc1cccc(-c2ccc(CCC(NSc3c(Cl)cccc3Cl)C(=O)O)cc2)c1. The average molecular weight is 561 g/mol. The highest BCUT2D eigenvalue weighted by Crippen LogP contribution is 2.32. The largest absolute Gasteiger partial charge is 0.480 e. The Morgan fingerprint density at radius 1 is 0.973 bits per heavy atom. The summed E-state index contributed by atoms with van der Waals surface area (Å²) >= 11 is 13.5. The van der Waals surface area contributed by atoms with Gasteiger partial charge in [-0.2, -0.15) is 0 Å². The molecule has 0 heterocycles. The molecule has 2 atom stereocenters. The lowest BCUT2D eigenvalue weighted by atomic mass is 10.0. The number of nitrogens with one attached hydrogen (secondary N) is 3. The van der Waals surface area contributed by atoms with Crippen molar-refractivity contribution in [2.45, 2.75) is 44.0 Å². The molecule has 0 saturated carbocycles. The van der Waals surface area contributed by atoms with Gasteiger partial charge in [-0.05, 0) is 71.7 Å². The molecular weight excluding hydrogens is 529 g/mol. The summed E-state index contributed by atoms with van der Waals surface area (Å²) in [5.74, 6) is -0.512. The first-order chi connectivity index (χ1) is 17.8. The Kier molecular flexibility index (Phi) is 11.1. The van der Waals surface area contributed by atoms with E-state index in [1.165, 1.54) is 0 Å². The van der Waals surface area contributed by atoms with Crippen LogP contribution >= 0.6 is 35.1 Å². The number of carboxylic acid groups (broad SMARTS) is 1. The van der Waals surface area contributed by atoms with Crippen molar-refractivity contribution >= 4 is 52.8 Å². The molecular formula is C28H31Cl2N3O3S. The molecule has 0 radical (unpaired) electrons. The van der Waals surface area contributed by atoms with E-state index in [4.69, 9.17) is 23.2 Å². The summed E-state index contributed by atoms with van der Waals surface area (Å²) in [5.41, 5.74) is 3.72. The van der Waals surface area contributed by atoms with Crippen LogP contribution in [0.5, 0.6) is 0 Å². The second-order valence-corrected chi connectivity index (χ2v) is 10.5. The van der Waals surface area contributed by atoms with E-state index in [1.807, 2.05) is 48.5 Å². The summed E-state index contributed by atoms with van der Waals surface area (Å²) in [4.78, 5) is 24.6. The Morgan fingerprint density at radius 2 is 1.65 bits per heavy atom. The average Bonchev–Trinajstić information content (AvgIpc) is 2.89. The minimum atomic E-state index is -0.940. The minimum absolute atomic E-state index is 0.218. The van der Waals surface area contributed by atoms with Gasteiger partial charge < -0.3 is 15.7 Å². The monoisotopic (exact) mass is 559 g/mol. The predicted octanol–water partition coefficient (Wildman–Crippen LogP) is 7.51. The fraction of sp³-hybridized carbons (Fsp3) is 0.286. The predicted molar refractivity (Wildman–Crippen MR) is 154 cm³/mol. The third-order valence-corrected chi connectivity index (χ3v) is 7.86. The normalized spacial score (nSPS) is 12.5. The molecule has 3 aromatic rings. The first-order valence-corrected chi connectivity index (χ1v) is 13.7. The Balaban J connectivity index is 1.57. The van der Waals surface area contributed by atoms with Gasteiger partial charge in [0, 0.05) is 12.2 Å². The van der Waals surface area contributed by atoms with Gasteiger partial charge in [0.15, 0.2) is 0 Å². The number of hydrogen-bond acceptors (Lipinski definition) is 4. The third kappa shape index (κ3) is 8.97. The molecule has 6 nitrogen and oxygen atoms in total. The summed E-state index contributed by atoms with van der Waals surface area (Å²) in [6, 6.07) is 19.8. The highest BCUT2D eigenvalue weighted by Gasteiger charge is 2.19. The first kappa shape index (κ1) is 28.9. The van der Waals surface area contributed by atoms with Gasteiger partial charge in [0.2, 0.25) is 0 Å². The number of carbonyl (C=O) groups excluding carboxylic acids is 1. The van der Waals surface area contributed by atoms with Crippen LogP contribution in [0, 0.1) is 5.92 Å². The van der Waals surface area contributed by atoms with E-state index in [0.29, 0.717) is 40.2 Å². The number of carboxylic acids is 1. The Labute approximate surface area is 232 Å². The third-order valence-electron chi connectivity index (χ3n) is 5.96. The smallest absolute Gasteiger partial charge is 0.321 e. The van der Waals surface area contributed by atoms with Crippen LogP contribution in [0.25, 0.3) is 11.1 Å². The van der Waals surface area contributed by atoms with Crippen LogP contribution in [0.2, 0.25) is 10.0 Å². The molecule has 3 aromatic carbocycles. The summed E-state index contributed by atoms with van der Waals surface area (Å²) in [6.07, 6.45) is 1.99. The van der Waals surface area contributed by atoms with Crippen molar-refractivity contribution < 1.29 is 14.7 Å². The van der Waals surface area contributed by atoms with Crippen molar-refractivity contribution in [1.82, 2.24) is 10.0 Å². The molecule has 0 aliphatic carbocycles. The Bertz CT molecular complexity index is 1190. The number of rotatable bonds is 12. The second kappa shape index (κ2) is 14.3. The van der Waals surface area contributed by atoms with Gasteiger partial charge in [-0.3, -0.25) is 4.79 Å². The van der Waals surface area contributed by atoms with E-state index in [2.05, 4.69) is 29.2 Å². The molecule has 0 aliphatic heterocycles. The zero-order chi connectivity index (χ0) is 26.8. The molecule has 0 spiro atoms. The van der Waals surface area contributed by atoms with Gasteiger partial charge in [0.05, 0.1) is 14.9 Å². The number of urea groups is 1. The zero-order valence-electron chi connectivity index (χ0n) is 20.8. The van der Waals surface area contributed by atoms with Crippen molar-refractivity contribution in [3.63, 3.8) is 0 Å². The lowest BCUT2D eigenvalue weighted by Crippen LogP contribution is -2.32. The van der Waals surface area contributed by atoms with Crippen molar-refractivity contribution in [2.24, 2.45) is 5.92 Å². The van der Waals surface area contributed by atoms with E-state index in [0.717, 1.165) is 40.7 Å². The van der Waals surface area contributed by atoms with Crippen molar-refractivity contribution in [3.05, 3.63) is 82.3 Å². The van der Waals surface area contributed by atoms with Crippen LogP contribution in [0.4, 0.5) is 10.5 Å². The molecule has 0 saturated heterocycles. The number of carbonyl (C=O) groups is 2. The molecule has 37 heavy (non-hydrogen) atoms. The molecule has 2 amide bonds. The fourth-order valence-electron chi connectivity index (χ4n) is 3.48. The van der Waals surface area contributed by atoms with Crippen LogP contribution in [0.1, 0.15) is 32.3 Å².